The summed E-state index contributed by atoms with van der Waals surface area (Å²) in [6.07, 6.45) is 1.45. The van der Waals surface area contributed by atoms with Crippen molar-refractivity contribution < 1.29 is 4.74 Å². The lowest BCUT2D eigenvalue weighted by atomic mass is 10.2. The van der Waals surface area contributed by atoms with Gasteiger partial charge in [-0.3, -0.25) is 0 Å². The second kappa shape index (κ2) is 5.35. The van der Waals surface area contributed by atoms with Crippen molar-refractivity contribution in [1.82, 2.24) is 9.97 Å². The van der Waals surface area contributed by atoms with Crippen LogP contribution in [0.2, 0.25) is 0 Å². The predicted octanol–water partition coefficient (Wildman–Crippen LogP) is 1.70. The molecule has 0 aliphatic rings. The van der Waals surface area contributed by atoms with Crippen LogP contribution in [-0.2, 0) is 6.54 Å². The summed E-state index contributed by atoms with van der Waals surface area (Å²) in [6.45, 7) is 0.727. The minimum absolute atomic E-state index is 0.403. The van der Waals surface area contributed by atoms with Crippen LogP contribution >= 0.6 is 0 Å². The van der Waals surface area contributed by atoms with Crippen LogP contribution in [0.15, 0.2) is 36.7 Å². The highest BCUT2D eigenvalue weighted by Crippen LogP contribution is 2.27. The van der Waals surface area contributed by atoms with E-state index in [1.165, 1.54) is 11.9 Å². The molecule has 0 amide bonds. The Labute approximate surface area is 106 Å². The van der Waals surface area contributed by atoms with Gasteiger partial charge in [0.25, 0.3) is 0 Å². The van der Waals surface area contributed by atoms with Gasteiger partial charge in [0.05, 0.1) is 7.11 Å². The number of anilines is 2. The highest BCUT2D eigenvalue weighted by atomic mass is 16.5. The van der Waals surface area contributed by atoms with E-state index in [4.69, 9.17) is 10.5 Å². The second-order valence-corrected chi connectivity index (χ2v) is 3.96. The average molecular weight is 244 g/mol. The molecule has 5 heteroatoms. The summed E-state index contributed by atoms with van der Waals surface area (Å²) in [7, 11) is 3.48. The molecule has 0 saturated heterocycles. The quantitative estimate of drug-likeness (QED) is 0.886. The zero-order valence-electron chi connectivity index (χ0n) is 10.5. The van der Waals surface area contributed by atoms with Crippen molar-refractivity contribution in [2.45, 2.75) is 6.54 Å². The molecule has 0 atom stereocenters. The lowest BCUT2D eigenvalue weighted by Gasteiger charge is -2.20. The van der Waals surface area contributed by atoms with Crippen molar-refractivity contribution in [3.05, 3.63) is 42.2 Å². The van der Waals surface area contributed by atoms with Gasteiger partial charge in [-0.15, -0.1) is 0 Å². The van der Waals surface area contributed by atoms with Gasteiger partial charge < -0.3 is 15.4 Å². The molecule has 0 bridgehead atoms. The first kappa shape index (κ1) is 12.2. The Morgan fingerprint density at radius 2 is 1.94 bits per heavy atom. The lowest BCUT2D eigenvalue weighted by molar-refractivity contribution is 0.399. The molecule has 0 aliphatic heterocycles. The van der Waals surface area contributed by atoms with Gasteiger partial charge in [0.15, 0.2) is 5.82 Å². The molecule has 18 heavy (non-hydrogen) atoms. The van der Waals surface area contributed by atoms with E-state index in [9.17, 15) is 0 Å². The molecule has 0 fully saturated rings. The maximum Gasteiger partial charge on any atom is 0.242 e. The summed E-state index contributed by atoms with van der Waals surface area (Å²) in [5.74, 6) is 1.07. The minimum atomic E-state index is 0.403. The number of nitrogens with two attached hydrogens (primary N) is 1. The van der Waals surface area contributed by atoms with Gasteiger partial charge in [0, 0.05) is 13.6 Å². The highest BCUT2D eigenvalue weighted by molar-refractivity contribution is 5.67. The average Bonchev–Trinajstić information content (AvgIpc) is 2.40. The standard InChI is InChI=1S/C13H16N4O/c1-17(8-10-6-4-3-5-7-10)12-11(14)13(18-2)16-9-15-12/h3-7,9H,8,14H2,1-2H3. The Morgan fingerprint density at radius 1 is 1.22 bits per heavy atom. The zero-order chi connectivity index (χ0) is 13.0. The predicted molar refractivity (Wildman–Crippen MR) is 71.5 cm³/mol. The van der Waals surface area contributed by atoms with E-state index in [-0.39, 0.29) is 0 Å². The number of methoxy groups -OCH3 is 1. The number of hydrogen-bond donors (Lipinski definition) is 1. The Kier molecular flexibility index (Phi) is 3.62. The molecule has 0 aliphatic carbocycles. The van der Waals surface area contributed by atoms with Crippen molar-refractivity contribution in [2.75, 3.05) is 24.8 Å². The third kappa shape index (κ3) is 2.51. The fraction of sp³-hybridized carbons (Fsp3) is 0.231. The zero-order valence-corrected chi connectivity index (χ0v) is 10.5. The first-order chi connectivity index (χ1) is 8.72. The van der Waals surface area contributed by atoms with E-state index in [0.29, 0.717) is 17.4 Å². The van der Waals surface area contributed by atoms with Crippen LogP contribution in [0, 0.1) is 0 Å². The van der Waals surface area contributed by atoms with E-state index >= 15 is 0 Å². The number of nitrogens with zero attached hydrogens (tertiary/aromatic N) is 3. The number of ether oxygens (including phenoxy) is 1. The van der Waals surface area contributed by atoms with Crippen LogP contribution in [0.4, 0.5) is 11.5 Å². The summed E-state index contributed by atoms with van der Waals surface area (Å²) < 4.78 is 5.08. The van der Waals surface area contributed by atoms with Crippen molar-refractivity contribution >= 4 is 11.5 Å². The molecule has 2 aromatic rings. The summed E-state index contributed by atoms with van der Waals surface area (Å²) in [5, 5.41) is 0. The van der Waals surface area contributed by atoms with Gasteiger partial charge in [-0.2, -0.15) is 4.98 Å². The molecule has 0 spiro atoms. The minimum Gasteiger partial charge on any atom is -0.479 e. The van der Waals surface area contributed by atoms with Crippen LogP contribution in [0.3, 0.4) is 0 Å². The first-order valence-corrected chi connectivity index (χ1v) is 5.62. The van der Waals surface area contributed by atoms with Crippen molar-refractivity contribution in [3.63, 3.8) is 0 Å². The lowest BCUT2D eigenvalue weighted by Crippen LogP contribution is -2.19. The molecule has 5 nitrogen and oxygen atoms in total. The van der Waals surface area contributed by atoms with Crippen LogP contribution in [0.1, 0.15) is 5.56 Å². The molecule has 2 rings (SSSR count). The topological polar surface area (TPSA) is 64.3 Å². The molecule has 1 aromatic heterocycles. The molecule has 0 saturated carbocycles. The molecule has 1 heterocycles. The van der Waals surface area contributed by atoms with E-state index in [0.717, 1.165) is 6.54 Å². The third-order valence-corrected chi connectivity index (χ3v) is 2.64. The summed E-state index contributed by atoms with van der Waals surface area (Å²) in [6, 6.07) is 10.1. The fourth-order valence-electron chi connectivity index (χ4n) is 1.77. The smallest absolute Gasteiger partial charge is 0.242 e. The SMILES string of the molecule is COc1ncnc(N(C)Cc2ccccc2)c1N. The molecular weight excluding hydrogens is 228 g/mol. The van der Waals surface area contributed by atoms with Crippen molar-refractivity contribution in [1.29, 1.82) is 0 Å². The molecule has 1 aromatic carbocycles. The normalized spacial score (nSPS) is 10.1. The number of aromatic nitrogens is 2. The van der Waals surface area contributed by atoms with Crippen LogP contribution in [0.25, 0.3) is 0 Å². The number of nitrogen functional groups attached to an aromatic ring is 1. The Bertz CT molecular complexity index is 516. The highest BCUT2D eigenvalue weighted by Gasteiger charge is 2.12. The largest absolute Gasteiger partial charge is 0.479 e. The van der Waals surface area contributed by atoms with E-state index < -0.39 is 0 Å². The monoisotopic (exact) mass is 244 g/mol. The molecule has 2 N–H and O–H groups in total. The van der Waals surface area contributed by atoms with Gasteiger partial charge in [-0.25, -0.2) is 4.98 Å². The Hall–Kier alpha value is -2.30. The van der Waals surface area contributed by atoms with Crippen LogP contribution < -0.4 is 15.4 Å². The molecule has 94 valence electrons. The van der Waals surface area contributed by atoms with Crippen molar-refractivity contribution in [3.8, 4) is 5.88 Å². The number of hydrogen-bond acceptors (Lipinski definition) is 5. The van der Waals surface area contributed by atoms with Gasteiger partial charge in [-0.05, 0) is 5.56 Å². The van der Waals surface area contributed by atoms with E-state index in [1.807, 2.05) is 30.1 Å². The maximum atomic E-state index is 5.96. The Morgan fingerprint density at radius 3 is 2.61 bits per heavy atom. The van der Waals surface area contributed by atoms with Crippen LogP contribution in [-0.4, -0.2) is 24.1 Å². The van der Waals surface area contributed by atoms with E-state index in [2.05, 4.69) is 22.1 Å². The summed E-state index contributed by atoms with van der Waals surface area (Å²) in [5.41, 5.74) is 7.61. The van der Waals surface area contributed by atoms with Crippen molar-refractivity contribution in [2.24, 2.45) is 0 Å². The summed E-state index contributed by atoms with van der Waals surface area (Å²) >= 11 is 0. The van der Waals surface area contributed by atoms with Gasteiger partial charge >= 0.3 is 0 Å². The van der Waals surface area contributed by atoms with Gasteiger partial charge in [0.2, 0.25) is 5.88 Å². The number of benzene rings is 1. The molecule has 0 unspecified atom stereocenters. The maximum absolute atomic E-state index is 5.96. The summed E-state index contributed by atoms with van der Waals surface area (Å²) in [4.78, 5) is 10.1. The van der Waals surface area contributed by atoms with Gasteiger partial charge in [0.1, 0.15) is 12.0 Å². The second-order valence-electron chi connectivity index (χ2n) is 3.96. The number of rotatable bonds is 4. The first-order valence-electron chi connectivity index (χ1n) is 5.62. The van der Waals surface area contributed by atoms with Gasteiger partial charge in [-0.1, -0.05) is 30.3 Å². The van der Waals surface area contributed by atoms with Crippen LogP contribution in [0.5, 0.6) is 5.88 Å². The molecule has 0 radical (unpaired) electrons. The Balaban J connectivity index is 2.21. The fourth-order valence-corrected chi connectivity index (χ4v) is 1.77. The molecular formula is C13H16N4O. The third-order valence-electron chi connectivity index (χ3n) is 2.64. The van der Waals surface area contributed by atoms with E-state index in [1.54, 1.807) is 7.11 Å².